The second-order valence-corrected chi connectivity index (χ2v) is 14.9. The van der Waals surface area contributed by atoms with Gasteiger partial charge in [-0.1, -0.05) is 74.5 Å². The van der Waals surface area contributed by atoms with Crippen molar-refractivity contribution in [2.24, 2.45) is 0 Å². The van der Waals surface area contributed by atoms with Gasteiger partial charge in [0.25, 0.3) is 11.8 Å². The fraction of sp³-hybridized carbons (Fsp3) is 0.167. The third-order valence-corrected chi connectivity index (χ3v) is 11.0. The lowest BCUT2D eigenvalue weighted by atomic mass is 9.77. The maximum Gasteiger partial charge on any atom is 0.519 e. The lowest BCUT2D eigenvalue weighted by Gasteiger charge is -2.43. The molecule has 2 heterocycles. The molecule has 6 aromatic carbocycles. The van der Waals surface area contributed by atoms with Crippen molar-refractivity contribution in [1.82, 2.24) is 0 Å². The Hall–Kier alpha value is -7.20. The predicted molar refractivity (Wildman–Crippen MR) is 219 cm³/mol. The van der Waals surface area contributed by atoms with Crippen molar-refractivity contribution >= 4 is 35.3 Å². The molecule has 8 rings (SSSR count). The average molecular weight is 773 g/mol. The molecule has 10 heteroatoms. The third-order valence-electron chi connectivity index (χ3n) is 11.0. The summed E-state index contributed by atoms with van der Waals surface area (Å²) in [5.74, 6) is 0.771. The summed E-state index contributed by atoms with van der Waals surface area (Å²) in [5, 5.41) is 0. The van der Waals surface area contributed by atoms with E-state index in [1.54, 1.807) is 95.8 Å². The molecule has 6 aromatic rings. The van der Waals surface area contributed by atoms with Crippen molar-refractivity contribution in [2.45, 2.75) is 45.7 Å². The fourth-order valence-electron chi connectivity index (χ4n) is 8.05. The van der Waals surface area contributed by atoms with Gasteiger partial charge in [-0.3, -0.25) is 24.2 Å². The average Bonchev–Trinajstić information content (AvgIpc) is 3.63. The summed E-state index contributed by atoms with van der Waals surface area (Å²) in [4.78, 5) is 56.9. The molecular formula is C48H40N2O8. The lowest BCUT2D eigenvalue weighted by molar-refractivity contribution is -0.131. The number of amides is 2. The maximum atomic E-state index is 14.5. The van der Waals surface area contributed by atoms with Gasteiger partial charge >= 0.3 is 12.1 Å². The second-order valence-electron chi connectivity index (χ2n) is 14.9. The minimum atomic E-state index is -1.36. The first-order chi connectivity index (χ1) is 27.8. The van der Waals surface area contributed by atoms with Gasteiger partial charge in [-0.2, -0.15) is 0 Å². The minimum Gasteiger partial charge on any atom is -0.497 e. The maximum absolute atomic E-state index is 14.5. The number of anilines is 2. The first kappa shape index (κ1) is 37.7. The summed E-state index contributed by atoms with van der Waals surface area (Å²) >= 11 is 0. The van der Waals surface area contributed by atoms with Crippen LogP contribution in [0.1, 0.15) is 74.9 Å². The third kappa shape index (κ3) is 6.14. The Bertz CT molecular complexity index is 2620. The Morgan fingerprint density at radius 3 is 1.47 bits per heavy atom. The Morgan fingerprint density at radius 1 is 0.569 bits per heavy atom. The molecule has 58 heavy (non-hydrogen) atoms. The van der Waals surface area contributed by atoms with Gasteiger partial charge in [0.1, 0.15) is 23.0 Å². The molecule has 1 spiro atoms. The number of fused-ring (bicyclic) bond motifs is 4. The number of methoxy groups -OCH3 is 1. The van der Waals surface area contributed by atoms with Gasteiger partial charge in [0.05, 0.1) is 7.11 Å². The van der Waals surface area contributed by atoms with Gasteiger partial charge in [-0.15, -0.1) is 0 Å². The number of benzene rings is 6. The quantitative estimate of drug-likeness (QED) is 0.0855. The first-order valence-corrected chi connectivity index (χ1v) is 18.8. The molecule has 0 saturated carbocycles. The summed E-state index contributed by atoms with van der Waals surface area (Å²) in [6.45, 7) is 9.32. The molecule has 0 aliphatic carbocycles. The van der Waals surface area contributed by atoms with Crippen LogP contribution in [0.2, 0.25) is 0 Å². The van der Waals surface area contributed by atoms with Crippen LogP contribution < -0.4 is 28.7 Å². The van der Waals surface area contributed by atoms with Gasteiger partial charge in [0.15, 0.2) is 5.66 Å². The van der Waals surface area contributed by atoms with Gasteiger partial charge in [-0.05, 0) is 109 Å². The molecule has 0 radical (unpaired) electrons. The molecule has 0 fully saturated rings. The standard InChI is InChI=1S/C48H40N2O8/c1-29-27-32(15-25-42(29)56-31(3)51)47(4,5)33-16-26-43(30(2)28-33)58-46(54)57-37-23-19-35(20-24-37)50-45(53)39-12-8-10-14-41(39)48(50)40-13-9-7-11-38(40)44(52)49(48)34-17-21-36(55-6)22-18-34/h7-28H,1-6H3. The van der Waals surface area contributed by atoms with Gasteiger partial charge in [0.2, 0.25) is 0 Å². The van der Waals surface area contributed by atoms with Crippen molar-refractivity contribution < 1.29 is 38.1 Å². The zero-order valence-electron chi connectivity index (χ0n) is 32.9. The zero-order chi connectivity index (χ0) is 40.9. The van der Waals surface area contributed by atoms with E-state index in [0.717, 1.165) is 22.3 Å². The number of ether oxygens (including phenoxy) is 4. The van der Waals surface area contributed by atoms with E-state index in [4.69, 9.17) is 18.9 Å². The number of carbonyl (C=O) groups excluding carboxylic acids is 4. The molecule has 2 aliphatic heterocycles. The van der Waals surface area contributed by atoms with Gasteiger partial charge < -0.3 is 18.9 Å². The molecule has 2 amide bonds. The van der Waals surface area contributed by atoms with Crippen LogP contribution in [0.5, 0.6) is 23.0 Å². The van der Waals surface area contributed by atoms with Crippen LogP contribution >= 0.6 is 0 Å². The molecule has 2 aliphatic rings. The summed E-state index contributed by atoms with van der Waals surface area (Å²) in [7, 11) is 1.58. The fourth-order valence-corrected chi connectivity index (χ4v) is 8.05. The van der Waals surface area contributed by atoms with Crippen molar-refractivity contribution in [1.29, 1.82) is 0 Å². The number of rotatable bonds is 8. The van der Waals surface area contributed by atoms with E-state index < -0.39 is 17.2 Å². The van der Waals surface area contributed by atoms with E-state index in [0.29, 0.717) is 50.9 Å². The number of carbonyl (C=O) groups is 4. The largest absolute Gasteiger partial charge is 0.519 e. The number of hydrogen-bond acceptors (Lipinski definition) is 8. The summed E-state index contributed by atoms with van der Waals surface area (Å²) in [6.07, 6.45) is -0.929. The van der Waals surface area contributed by atoms with Crippen LogP contribution in [0.3, 0.4) is 0 Å². The van der Waals surface area contributed by atoms with E-state index in [9.17, 15) is 19.2 Å². The van der Waals surface area contributed by atoms with Crippen molar-refractivity contribution in [3.05, 3.63) is 178 Å². The number of nitrogens with zero attached hydrogens (tertiary/aromatic N) is 2. The Morgan fingerprint density at radius 2 is 1.02 bits per heavy atom. The zero-order valence-corrected chi connectivity index (χ0v) is 32.9. The van der Waals surface area contributed by atoms with E-state index in [2.05, 4.69) is 13.8 Å². The summed E-state index contributed by atoms with van der Waals surface area (Å²) in [5.41, 5.74) is 5.16. The number of esters is 1. The smallest absolute Gasteiger partial charge is 0.497 e. The molecule has 290 valence electrons. The highest BCUT2D eigenvalue weighted by atomic mass is 16.7. The molecule has 0 bridgehead atoms. The molecule has 1 atom stereocenters. The highest BCUT2D eigenvalue weighted by Crippen LogP contribution is 2.55. The van der Waals surface area contributed by atoms with Crippen LogP contribution in [0.25, 0.3) is 0 Å². The van der Waals surface area contributed by atoms with E-state index >= 15 is 0 Å². The van der Waals surface area contributed by atoms with Crippen LogP contribution in [-0.2, 0) is 15.9 Å². The van der Waals surface area contributed by atoms with Crippen molar-refractivity contribution in [2.75, 3.05) is 16.9 Å². The minimum absolute atomic E-state index is 0.199. The molecule has 1 unspecified atom stereocenters. The Labute approximate surface area is 336 Å². The lowest BCUT2D eigenvalue weighted by Crippen LogP contribution is -2.56. The molecular weight excluding hydrogens is 733 g/mol. The molecule has 0 saturated heterocycles. The summed E-state index contributed by atoms with van der Waals surface area (Å²) in [6, 6.07) is 39.7. The molecule has 0 N–H and O–H groups in total. The first-order valence-electron chi connectivity index (χ1n) is 18.8. The van der Waals surface area contributed by atoms with E-state index in [-0.39, 0.29) is 23.5 Å². The normalized spacial score (nSPS) is 15.6. The monoisotopic (exact) mass is 772 g/mol. The second kappa shape index (κ2) is 14.4. The Kier molecular flexibility index (Phi) is 9.35. The van der Waals surface area contributed by atoms with Crippen molar-refractivity contribution in [3.63, 3.8) is 0 Å². The number of hydrogen-bond donors (Lipinski definition) is 0. The van der Waals surface area contributed by atoms with E-state index in [1.807, 2.05) is 68.4 Å². The number of aryl methyl sites for hydroxylation is 2. The topological polar surface area (TPSA) is 112 Å². The SMILES string of the molecule is COc1ccc(N2C(=O)c3ccccc3C23c2ccccc2C(=O)N3c2ccc(OC(=O)Oc3ccc(C(C)(C)c4ccc(OC(C)=O)c(C)c4)cc3C)cc2)cc1. The highest BCUT2D eigenvalue weighted by molar-refractivity contribution is 6.21. The van der Waals surface area contributed by atoms with Crippen LogP contribution in [0, 0.1) is 13.8 Å². The van der Waals surface area contributed by atoms with Crippen molar-refractivity contribution in [3.8, 4) is 23.0 Å². The Balaban J connectivity index is 1.06. The van der Waals surface area contributed by atoms with Crippen LogP contribution in [0.4, 0.5) is 16.2 Å². The van der Waals surface area contributed by atoms with Crippen LogP contribution in [0.15, 0.2) is 133 Å². The molecule has 10 nitrogen and oxygen atoms in total. The summed E-state index contributed by atoms with van der Waals surface area (Å²) < 4.78 is 22.0. The van der Waals surface area contributed by atoms with Crippen LogP contribution in [-0.4, -0.2) is 31.0 Å². The predicted octanol–water partition coefficient (Wildman–Crippen LogP) is 9.66. The highest BCUT2D eigenvalue weighted by Gasteiger charge is 2.62. The van der Waals surface area contributed by atoms with Gasteiger partial charge in [-0.25, -0.2) is 4.79 Å². The van der Waals surface area contributed by atoms with E-state index in [1.165, 1.54) is 6.92 Å². The molecule has 0 aromatic heterocycles. The van der Waals surface area contributed by atoms with Gasteiger partial charge in [0, 0.05) is 46.0 Å².